The Balaban J connectivity index is 1.81. The molecule has 0 spiro atoms. The Labute approximate surface area is 165 Å². The van der Waals surface area contributed by atoms with Crippen molar-refractivity contribution in [1.29, 1.82) is 0 Å². The van der Waals surface area contributed by atoms with Crippen LogP contribution in [0.1, 0.15) is 44.2 Å². The SMILES string of the molecule is CCOC(=O)C1(C)CCN(C(=O)C2=NN(c3cc(C)ccc3C)C(=O)CC2)C1. The zero-order valence-corrected chi connectivity index (χ0v) is 16.9. The summed E-state index contributed by atoms with van der Waals surface area (Å²) < 4.78 is 5.16. The van der Waals surface area contributed by atoms with Crippen molar-refractivity contribution in [1.82, 2.24) is 4.90 Å². The predicted molar refractivity (Wildman–Crippen MR) is 106 cm³/mol. The molecular weight excluding hydrogens is 358 g/mol. The van der Waals surface area contributed by atoms with Gasteiger partial charge in [0.15, 0.2) is 0 Å². The van der Waals surface area contributed by atoms with Gasteiger partial charge in [-0.15, -0.1) is 0 Å². The highest BCUT2D eigenvalue weighted by atomic mass is 16.5. The number of carbonyl (C=O) groups excluding carboxylic acids is 3. The average Bonchev–Trinajstić information content (AvgIpc) is 3.07. The highest BCUT2D eigenvalue weighted by Gasteiger charge is 2.44. The topological polar surface area (TPSA) is 79.3 Å². The summed E-state index contributed by atoms with van der Waals surface area (Å²) in [6.07, 6.45) is 1.11. The molecule has 1 atom stereocenters. The van der Waals surface area contributed by atoms with Gasteiger partial charge in [-0.25, -0.2) is 5.01 Å². The van der Waals surface area contributed by atoms with Gasteiger partial charge in [0.05, 0.1) is 17.7 Å². The number of likely N-dealkylation sites (tertiary alicyclic amines) is 1. The van der Waals surface area contributed by atoms with Crippen LogP contribution in [0.5, 0.6) is 0 Å². The summed E-state index contributed by atoms with van der Waals surface area (Å²) >= 11 is 0. The van der Waals surface area contributed by atoms with Crippen molar-refractivity contribution >= 4 is 29.2 Å². The van der Waals surface area contributed by atoms with E-state index >= 15 is 0 Å². The van der Waals surface area contributed by atoms with Crippen LogP contribution in [-0.2, 0) is 19.1 Å². The minimum Gasteiger partial charge on any atom is -0.466 e. The van der Waals surface area contributed by atoms with Gasteiger partial charge in [-0.2, -0.15) is 5.10 Å². The Hall–Kier alpha value is -2.70. The lowest BCUT2D eigenvalue weighted by Gasteiger charge is -2.27. The van der Waals surface area contributed by atoms with Crippen molar-refractivity contribution in [3.05, 3.63) is 29.3 Å². The van der Waals surface area contributed by atoms with Crippen molar-refractivity contribution in [3.8, 4) is 0 Å². The monoisotopic (exact) mass is 385 g/mol. The number of esters is 1. The zero-order valence-electron chi connectivity index (χ0n) is 16.9. The molecule has 0 bridgehead atoms. The molecule has 1 aromatic rings. The molecule has 2 amide bonds. The molecule has 0 N–H and O–H groups in total. The molecule has 0 aliphatic carbocycles. The first-order chi connectivity index (χ1) is 13.2. The van der Waals surface area contributed by atoms with Gasteiger partial charge in [0, 0.05) is 25.9 Å². The number of hydrazone groups is 1. The van der Waals surface area contributed by atoms with Gasteiger partial charge in [-0.05, 0) is 51.3 Å². The van der Waals surface area contributed by atoms with E-state index in [1.807, 2.05) is 39.0 Å². The van der Waals surface area contributed by atoms with E-state index in [2.05, 4.69) is 5.10 Å². The van der Waals surface area contributed by atoms with Gasteiger partial charge in [-0.3, -0.25) is 14.4 Å². The van der Waals surface area contributed by atoms with Crippen LogP contribution in [0, 0.1) is 19.3 Å². The van der Waals surface area contributed by atoms with Gasteiger partial charge < -0.3 is 9.64 Å². The molecule has 3 rings (SSSR count). The van der Waals surface area contributed by atoms with E-state index in [0.29, 0.717) is 43.9 Å². The van der Waals surface area contributed by atoms with Crippen molar-refractivity contribution in [2.45, 2.75) is 47.0 Å². The minimum atomic E-state index is -0.691. The molecule has 7 nitrogen and oxygen atoms in total. The second kappa shape index (κ2) is 7.73. The second-order valence-corrected chi connectivity index (χ2v) is 7.80. The van der Waals surface area contributed by atoms with Crippen LogP contribution in [0.15, 0.2) is 23.3 Å². The van der Waals surface area contributed by atoms with Gasteiger partial charge >= 0.3 is 5.97 Å². The number of hydrogen-bond acceptors (Lipinski definition) is 5. The van der Waals surface area contributed by atoms with Gasteiger partial charge in [0.1, 0.15) is 5.71 Å². The molecule has 150 valence electrons. The maximum atomic E-state index is 13.0. The summed E-state index contributed by atoms with van der Waals surface area (Å²) in [6, 6.07) is 5.82. The lowest BCUT2D eigenvalue weighted by atomic mass is 9.90. The molecule has 7 heteroatoms. The first-order valence-electron chi connectivity index (χ1n) is 9.69. The Morgan fingerprint density at radius 2 is 2.00 bits per heavy atom. The largest absolute Gasteiger partial charge is 0.466 e. The Morgan fingerprint density at radius 3 is 2.71 bits per heavy atom. The molecule has 1 aromatic carbocycles. The first kappa shape index (κ1) is 20.0. The van der Waals surface area contributed by atoms with E-state index < -0.39 is 5.41 Å². The van der Waals surface area contributed by atoms with Crippen molar-refractivity contribution in [2.75, 3.05) is 24.7 Å². The fraction of sp³-hybridized carbons (Fsp3) is 0.524. The number of benzene rings is 1. The van der Waals surface area contributed by atoms with E-state index in [9.17, 15) is 14.4 Å². The Morgan fingerprint density at radius 1 is 1.25 bits per heavy atom. The lowest BCUT2D eigenvalue weighted by Crippen LogP contribution is -2.42. The second-order valence-electron chi connectivity index (χ2n) is 7.80. The summed E-state index contributed by atoms with van der Waals surface area (Å²) in [7, 11) is 0. The number of aryl methyl sites for hydroxylation is 2. The highest BCUT2D eigenvalue weighted by Crippen LogP contribution is 2.32. The number of nitrogens with zero attached hydrogens (tertiary/aromatic N) is 3. The molecule has 2 heterocycles. The minimum absolute atomic E-state index is 0.122. The van der Waals surface area contributed by atoms with Crippen LogP contribution in [0.2, 0.25) is 0 Å². The van der Waals surface area contributed by atoms with E-state index in [-0.39, 0.29) is 24.2 Å². The lowest BCUT2D eigenvalue weighted by molar-refractivity contribution is -0.153. The summed E-state index contributed by atoms with van der Waals surface area (Å²) in [5.74, 6) is -0.609. The molecular formula is C21H27N3O4. The fourth-order valence-corrected chi connectivity index (χ4v) is 3.63. The van der Waals surface area contributed by atoms with E-state index in [1.54, 1.807) is 11.8 Å². The third-order valence-corrected chi connectivity index (χ3v) is 5.40. The van der Waals surface area contributed by atoms with Crippen LogP contribution in [0.3, 0.4) is 0 Å². The summed E-state index contributed by atoms with van der Waals surface area (Å²) in [4.78, 5) is 39.3. The van der Waals surface area contributed by atoms with Crippen LogP contribution in [0.4, 0.5) is 5.69 Å². The summed E-state index contributed by atoms with van der Waals surface area (Å²) in [5, 5.41) is 5.75. The molecule has 1 fully saturated rings. The van der Waals surface area contributed by atoms with E-state index in [1.165, 1.54) is 5.01 Å². The maximum absolute atomic E-state index is 13.0. The molecule has 2 aliphatic rings. The molecule has 0 aromatic heterocycles. The van der Waals surface area contributed by atoms with Gasteiger partial charge in [0.2, 0.25) is 5.91 Å². The third kappa shape index (κ3) is 3.79. The highest BCUT2D eigenvalue weighted by molar-refractivity contribution is 6.40. The van der Waals surface area contributed by atoms with Gasteiger partial charge in [-0.1, -0.05) is 12.1 Å². The number of carbonyl (C=O) groups is 3. The summed E-state index contributed by atoms with van der Waals surface area (Å²) in [5.41, 5.74) is 2.31. The van der Waals surface area contributed by atoms with Crippen molar-refractivity contribution in [3.63, 3.8) is 0 Å². The van der Waals surface area contributed by atoms with Crippen LogP contribution >= 0.6 is 0 Å². The number of ether oxygens (including phenoxy) is 1. The van der Waals surface area contributed by atoms with Crippen molar-refractivity contribution < 1.29 is 19.1 Å². The fourth-order valence-electron chi connectivity index (χ4n) is 3.63. The van der Waals surface area contributed by atoms with Crippen molar-refractivity contribution in [2.24, 2.45) is 10.5 Å². The Bertz CT molecular complexity index is 848. The quantitative estimate of drug-likeness (QED) is 0.746. The Kier molecular flexibility index (Phi) is 5.54. The predicted octanol–water partition coefficient (Wildman–Crippen LogP) is 2.59. The molecule has 2 aliphatic heterocycles. The number of hydrogen-bond donors (Lipinski definition) is 0. The summed E-state index contributed by atoms with van der Waals surface area (Å²) in [6.45, 7) is 8.57. The molecule has 28 heavy (non-hydrogen) atoms. The molecule has 1 saturated heterocycles. The van der Waals surface area contributed by atoms with Crippen LogP contribution in [-0.4, -0.2) is 48.1 Å². The normalized spacial score (nSPS) is 22.3. The van der Waals surface area contributed by atoms with Gasteiger partial charge in [0.25, 0.3) is 5.91 Å². The maximum Gasteiger partial charge on any atom is 0.313 e. The number of amides is 2. The number of rotatable bonds is 4. The van der Waals surface area contributed by atoms with Crippen LogP contribution in [0.25, 0.3) is 0 Å². The van der Waals surface area contributed by atoms with Crippen LogP contribution < -0.4 is 5.01 Å². The van der Waals surface area contributed by atoms with E-state index in [4.69, 9.17) is 4.74 Å². The smallest absolute Gasteiger partial charge is 0.313 e. The third-order valence-electron chi connectivity index (χ3n) is 5.40. The molecule has 0 radical (unpaired) electrons. The van der Waals surface area contributed by atoms with E-state index in [0.717, 1.165) is 11.1 Å². The molecule has 1 unspecified atom stereocenters. The zero-order chi connectivity index (χ0) is 20.5. The molecule has 0 saturated carbocycles. The first-order valence-corrected chi connectivity index (χ1v) is 9.69. The standard InChI is InChI=1S/C21H27N3O4/c1-5-28-20(27)21(4)10-11-23(13-21)19(26)16-8-9-18(25)24(22-16)17-12-14(2)6-7-15(17)3/h6-7,12H,5,8-11,13H2,1-4H3. The average molecular weight is 385 g/mol. The number of anilines is 1.